The van der Waals surface area contributed by atoms with Crippen molar-refractivity contribution in [1.29, 1.82) is 0 Å². The second kappa shape index (κ2) is 8.51. The molecule has 1 N–H and O–H groups in total. The second-order valence-electron chi connectivity index (χ2n) is 3.96. The van der Waals surface area contributed by atoms with Crippen LogP contribution in [0.1, 0.15) is 0 Å². The van der Waals surface area contributed by atoms with Crippen LogP contribution in [0.2, 0.25) is 0 Å². The van der Waals surface area contributed by atoms with Gasteiger partial charge in [-0.3, -0.25) is 0 Å². The van der Waals surface area contributed by atoms with Crippen LogP contribution in [0.4, 0.5) is 0 Å². The molecule has 0 bridgehead atoms. The molecular formula is C12H18O8. The molecule has 1 aliphatic heterocycles. The largest absolute Gasteiger partial charge is 0.492 e. The van der Waals surface area contributed by atoms with E-state index in [-0.39, 0.29) is 13.2 Å². The Morgan fingerprint density at radius 2 is 1.75 bits per heavy atom. The number of carbonyl (C=O) groups is 2. The molecule has 0 radical (unpaired) electrons. The van der Waals surface area contributed by atoms with E-state index >= 15 is 0 Å². The number of hydrogen-bond donors (Lipinski definition) is 1. The molecule has 1 heterocycles. The van der Waals surface area contributed by atoms with Gasteiger partial charge in [0.15, 0.2) is 18.3 Å². The Kier molecular flexibility index (Phi) is 6.99. The van der Waals surface area contributed by atoms with Crippen molar-refractivity contribution in [3.63, 3.8) is 0 Å². The molecule has 1 rings (SSSR count). The zero-order valence-electron chi connectivity index (χ0n) is 11.3. The van der Waals surface area contributed by atoms with Crippen molar-refractivity contribution in [2.24, 2.45) is 0 Å². The van der Waals surface area contributed by atoms with E-state index in [1.807, 2.05) is 0 Å². The molecule has 0 aromatic rings. The van der Waals surface area contributed by atoms with E-state index in [0.717, 1.165) is 0 Å². The highest BCUT2D eigenvalue weighted by molar-refractivity contribution is 5.72. The third-order valence-corrected chi connectivity index (χ3v) is 2.45. The maximum absolute atomic E-state index is 11.5. The van der Waals surface area contributed by atoms with Crippen LogP contribution in [-0.4, -0.2) is 69.4 Å². The summed E-state index contributed by atoms with van der Waals surface area (Å²) in [6.45, 7) is -0.877. The summed E-state index contributed by atoms with van der Waals surface area (Å²) in [6.07, 6.45) is 0.0792. The Hall–Kier alpha value is -1.64. The van der Waals surface area contributed by atoms with Gasteiger partial charge in [-0.2, -0.15) is 0 Å². The van der Waals surface area contributed by atoms with Crippen molar-refractivity contribution in [2.75, 3.05) is 34.0 Å². The van der Waals surface area contributed by atoms with Crippen LogP contribution in [0.3, 0.4) is 0 Å². The monoisotopic (exact) mass is 290 g/mol. The van der Waals surface area contributed by atoms with Crippen LogP contribution in [-0.2, 0) is 33.3 Å². The lowest BCUT2D eigenvalue weighted by Crippen LogP contribution is -2.47. The van der Waals surface area contributed by atoms with Gasteiger partial charge in [-0.1, -0.05) is 0 Å². The summed E-state index contributed by atoms with van der Waals surface area (Å²) < 4.78 is 24.6. The predicted octanol–water partition coefficient (Wildman–Crippen LogP) is -0.992. The van der Waals surface area contributed by atoms with Gasteiger partial charge in [0.05, 0.1) is 12.9 Å². The van der Waals surface area contributed by atoms with Crippen molar-refractivity contribution in [2.45, 2.75) is 18.3 Å². The number of aliphatic hydroxyl groups is 1. The second-order valence-corrected chi connectivity index (χ2v) is 3.96. The summed E-state index contributed by atoms with van der Waals surface area (Å²) in [7, 11) is 2.70. The lowest BCUT2D eigenvalue weighted by Gasteiger charge is -2.32. The average Bonchev–Trinajstić information content (AvgIpc) is 2.41. The van der Waals surface area contributed by atoms with Crippen molar-refractivity contribution in [3.8, 4) is 0 Å². The third kappa shape index (κ3) is 4.80. The Balaban J connectivity index is 2.71. The van der Waals surface area contributed by atoms with Crippen molar-refractivity contribution in [3.05, 3.63) is 12.3 Å². The minimum atomic E-state index is -0.951. The lowest BCUT2D eigenvalue weighted by molar-refractivity contribution is -0.182. The molecule has 0 unspecified atom stereocenters. The van der Waals surface area contributed by atoms with Gasteiger partial charge >= 0.3 is 11.9 Å². The molecule has 0 amide bonds. The molecule has 0 saturated heterocycles. The minimum Gasteiger partial charge on any atom is -0.492 e. The molecule has 0 saturated carbocycles. The Morgan fingerprint density at radius 3 is 2.30 bits per heavy atom. The fourth-order valence-electron chi connectivity index (χ4n) is 1.63. The zero-order chi connectivity index (χ0) is 15.0. The van der Waals surface area contributed by atoms with Gasteiger partial charge in [-0.15, -0.1) is 0 Å². The summed E-state index contributed by atoms with van der Waals surface area (Å²) in [5, 5.41) is 9.21. The smallest absolute Gasteiger partial charge is 0.332 e. The molecule has 8 heteroatoms. The van der Waals surface area contributed by atoms with Crippen LogP contribution < -0.4 is 0 Å². The number of esters is 2. The van der Waals surface area contributed by atoms with Crippen molar-refractivity contribution in [1.82, 2.24) is 0 Å². The van der Waals surface area contributed by atoms with E-state index in [0.29, 0.717) is 0 Å². The molecule has 3 atom stereocenters. The van der Waals surface area contributed by atoms with E-state index < -0.39 is 36.9 Å². The van der Waals surface area contributed by atoms with Crippen LogP contribution in [0.15, 0.2) is 12.3 Å². The number of methoxy groups -OCH3 is 2. The fourth-order valence-corrected chi connectivity index (χ4v) is 1.63. The quantitative estimate of drug-likeness (QED) is 0.596. The molecule has 0 aliphatic carbocycles. The zero-order valence-corrected chi connectivity index (χ0v) is 11.3. The SMILES string of the molecule is COCC(=O)O[C@@H]1[C@H](OC(=O)COC)C=CO[C@@H]1CO. The van der Waals surface area contributed by atoms with Gasteiger partial charge in [0.2, 0.25) is 0 Å². The van der Waals surface area contributed by atoms with Gasteiger partial charge in [-0.25, -0.2) is 9.59 Å². The standard InChI is InChI=1S/C12H18O8/c1-16-6-10(14)19-8-3-4-18-9(5-13)12(8)20-11(15)7-17-2/h3-4,8-9,12-13H,5-7H2,1-2H3/t8-,9-,12-/m1/s1. The number of carbonyl (C=O) groups excluding carboxylic acids is 2. The normalized spacial score (nSPS) is 24.9. The highest BCUT2D eigenvalue weighted by Crippen LogP contribution is 2.19. The van der Waals surface area contributed by atoms with Gasteiger partial charge in [-0.05, 0) is 6.08 Å². The molecule has 8 nitrogen and oxygen atoms in total. The summed E-state index contributed by atoms with van der Waals surface area (Å²) in [5.41, 5.74) is 0. The first-order chi connectivity index (χ1) is 9.62. The van der Waals surface area contributed by atoms with Crippen LogP contribution >= 0.6 is 0 Å². The van der Waals surface area contributed by atoms with E-state index in [4.69, 9.17) is 14.2 Å². The molecule has 0 aromatic carbocycles. The molecule has 20 heavy (non-hydrogen) atoms. The molecule has 114 valence electrons. The maximum atomic E-state index is 11.5. The topological polar surface area (TPSA) is 101 Å². The van der Waals surface area contributed by atoms with Crippen molar-refractivity contribution < 1.29 is 38.4 Å². The summed E-state index contributed by atoms with van der Waals surface area (Å²) >= 11 is 0. The third-order valence-electron chi connectivity index (χ3n) is 2.45. The van der Waals surface area contributed by atoms with Gasteiger partial charge in [0, 0.05) is 14.2 Å². The lowest BCUT2D eigenvalue weighted by atomic mass is 10.1. The molecule has 0 aromatic heterocycles. The van der Waals surface area contributed by atoms with Crippen LogP contribution in [0.5, 0.6) is 0 Å². The minimum absolute atomic E-state index is 0.228. The van der Waals surface area contributed by atoms with E-state index in [9.17, 15) is 14.7 Å². The number of rotatable bonds is 7. The van der Waals surface area contributed by atoms with E-state index in [1.165, 1.54) is 26.6 Å². The molecule has 1 aliphatic rings. The summed E-state index contributed by atoms with van der Waals surface area (Å²) in [5.74, 6) is -1.27. The highest BCUT2D eigenvalue weighted by atomic mass is 16.6. The highest BCUT2D eigenvalue weighted by Gasteiger charge is 2.37. The number of hydrogen-bond acceptors (Lipinski definition) is 8. The first kappa shape index (κ1) is 16.4. The van der Waals surface area contributed by atoms with Gasteiger partial charge < -0.3 is 28.8 Å². The molecule has 0 fully saturated rings. The van der Waals surface area contributed by atoms with E-state index in [1.54, 1.807) is 0 Å². The summed E-state index contributed by atoms with van der Waals surface area (Å²) in [4.78, 5) is 22.9. The first-order valence-electron chi connectivity index (χ1n) is 5.92. The van der Waals surface area contributed by atoms with Gasteiger partial charge in [0.1, 0.15) is 13.2 Å². The molecular weight excluding hydrogens is 272 g/mol. The van der Waals surface area contributed by atoms with E-state index in [2.05, 4.69) is 9.47 Å². The number of ether oxygens (including phenoxy) is 5. The maximum Gasteiger partial charge on any atom is 0.332 e. The summed E-state index contributed by atoms with van der Waals surface area (Å²) in [6, 6.07) is 0. The van der Waals surface area contributed by atoms with Crippen LogP contribution in [0.25, 0.3) is 0 Å². The number of aliphatic hydroxyl groups excluding tert-OH is 1. The van der Waals surface area contributed by atoms with Gasteiger partial charge in [0.25, 0.3) is 0 Å². The molecule has 0 spiro atoms. The predicted molar refractivity (Wildman–Crippen MR) is 64.6 cm³/mol. The van der Waals surface area contributed by atoms with Crippen molar-refractivity contribution >= 4 is 11.9 Å². The Labute approximate surface area is 116 Å². The Bertz CT molecular complexity index is 353. The average molecular weight is 290 g/mol. The first-order valence-corrected chi connectivity index (χ1v) is 5.92. The van der Waals surface area contributed by atoms with Crippen LogP contribution in [0, 0.1) is 0 Å². The fraction of sp³-hybridized carbons (Fsp3) is 0.667. The Morgan fingerprint density at radius 1 is 1.15 bits per heavy atom.